The summed E-state index contributed by atoms with van der Waals surface area (Å²) in [6.07, 6.45) is 1.43. The van der Waals surface area contributed by atoms with Crippen LogP contribution in [0.4, 0.5) is 9.59 Å². The number of fused-ring (bicyclic) bond motifs is 1. The number of hydrogen-bond acceptors (Lipinski definition) is 5. The highest BCUT2D eigenvalue weighted by Crippen LogP contribution is 2.18. The van der Waals surface area contributed by atoms with E-state index in [0.29, 0.717) is 45.9 Å². The number of ether oxygens (including phenoxy) is 2. The molecule has 0 bridgehead atoms. The molecule has 2 heterocycles. The van der Waals surface area contributed by atoms with E-state index < -0.39 is 0 Å². The lowest BCUT2D eigenvalue weighted by Gasteiger charge is -2.33. The van der Waals surface area contributed by atoms with Gasteiger partial charge in [0, 0.05) is 37.8 Å². The predicted molar refractivity (Wildman–Crippen MR) is 101 cm³/mol. The van der Waals surface area contributed by atoms with E-state index in [-0.39, 0.29) is 12.1 Å². The molecule has 27 heavy (non-hydrogen) atoms. The standard InChI is InChI=1S/C19H24N4O4/c1-2-26-19(25)23-11-9-22(10-12-23)18(24)21-8-13-27-16-5-6-17-15(14-16)4-3-7-20-17/h3-7,14H,2,8-13H2,1H3,(H,21,24). The minimum atomic E-state index is -0.323. The lowest BCUT2D eigenvalue weighted by atomic mass is 10.2. The average molecular weight is 372 g/mol. The van der Waals surface area contributed by atoms with Crippen molar-refractivity contribution in [2.75, 3.05) is 45.9 Å². The third-order valence-electron chi connectivity index (χ3n) is 4.31. The maximum atomic E-state index is 12.2. The normalized spacial score (nSPS) is 14.1. The number of amides is 3. The van der Waals surface area contributed by atoms with Gasteiger partial charge in [0.2, 0.25) is 0 Å². The van der Waals surface area contributed by atoms with E-state index in [2.05, 4.69) is 10.3 Å². The highest BCUT2D eigenvalue weighted by atomic mass is 16.6. The molecule has 0 saturated carbocycles. The van der Waals surface area contributed by atoms with Crippen molar-refractivity contribution in [2.24, 2.45) is 0 Å². The predicted octanol–water partition coefficient (Wildman–Crippen LogP) is 2.10. The third kappa shape index (κ3) is 4.99. The third-order valence-corrected chi connectivity index (χ3v) is 4.31. The highest BCUT2D eigenvalue weighted by molar-refractivity contribution is 5.79. The van der Waals surface area contributed by atoms with Gasteiger partial charge in [0.15, 0.2) is 0 Å². The second kappa shape index (κ2) is 9.07. The van der Waals surface area contributed by atoms with Crippen LogP contribution in [0.3, 0.4) is 0 Å². The summed E-state index contributed by atoms with van der Waals surface area (Å²) >= 11 is 0. The first-order valence-electron chi connectivity index (χ1n) is 9.09. The van der Waals surface area contributed by atoms with Crippen LogP contribution < -0.4 is 10.1 Å². The van der Waals surface area contributed by atoms with Gasteiger partial charge in [-0.3, -0.25) is 4.98 Å². The maximum Gasteiger partial charge on any atom is 0.409 e. The van der Waals surface area contributed by atoms with Crippen molar-refractivity contribution >= 4 is 23.0 Å². The van der Waals surface area contributed by atoms with E-state index in [0.717, 1.165) is 16.7 Å². The molecule has 3 rings (SSSR count). The van der Waals surface area contributed by atoms with Crippen LogP contribution in [-0.2, 0) is 4.74 Å². The van der Waals surface area contributed by atoms with Crippen molar-refractivity contribution in [3.63, 3.8) is 0 Å². The summed E-state index contributed by atoms with van der Waals surface area (Å²) in [5.41, 5.74) is 0.917. The van der Waals surface area contributed by atoms with Crippen LogP contribution in [0.25, 0.3) is 10.9 Å². The largest absolute Gasteiger partial charge is 0.492 e. The van der Waals surface area contributed by atoms with Crippen LogP contribution in [-0.4, -0.2) is 72.8 Å². The van der Waals surface area contributed by atoms with Crippen molar-refractivity contribution in [2.45, 2.75) is 6.92 Å². The lowest BCUT2D eigenvalue weighted by Crippen LogP contribution is -2.53. The van der Waals surface area contributed by atoms with Crippen molar-refractivity contribution < 1.29 is 19.1 Å². The number of nitrogens with one attached hydrogen (secondary N) is 1. The molecule has 3 amide bonds. The van der Waals surface area contributed by atoms with Crippen molar-refractivity contribution in [1.29, 1.82) is 0 Å². The quantitative estimate of drug-likeness (QED) is 0.813. The second-order valence-electron chi connectivity index (χ2n) is 6.11. The number of urea groups is 1. The Morgan fingerprint density at radius 3 is 2.70 bits per heavy atom. The van der Waals surface area contributed by atoms with Gasteiger partial charge in [-0.1, -0.05) is 6.07 Å². The smallest absolute Gasteiger partial charge is 0.409 e. The molecule has 1 fully saturated rings. The molecule has 0 unspecified atom stereocenters. The zero-order valence-corrected chi connectivity index (χ0v) is 15.4. The molecule has 8 heteroatoms. The summed E-state index contributed by atoms with van der Waals surface area (Å²) in [6.45, 7) is 4.85. The zero-order chi connectivity index (χ0) is 19.1. The molecule has 1 aromatic carbocycles. The first kappa shape index (κ1) is 18.8. The lowest BCUT2D eigenvalue weighted by molar-refractivity contribution is 0.0851. The van der Waals surface area contributed by atoms with Crippen LogP contribution >= 0.6 is 0 Å². The van der Waals surface area contributed by atoms with Gasteiger partial charge < -0.3 is 24.6 Å². The Morgan fingerprint density at radius 2 is 1.93 bits per heavy atom. The number of rotatable bonds is 5. The fourth-order valence-electron chi connectivity index (χ4n) is 2.89. The molecule has 1 saturated heterocycles. The topological polar surface area (TPSA) is 84.0 Å². The van der Waals surface area contributed by atoms with Crippen molar-refractivity contribution in [3.05, 3.63) is 36.5 Å². The van der Waals surface area contributed by atoms with Gasteiger partial charge in [0.25, 0.3) is 0 Å². The van der Waals surface area contributed by atoms with Gasteiger partial charge in [0.05, 0.1) is 18.7 Å². The Kier molecular flexibility index (Phi) is 6.30. The summed E-state index contributed by atoms with van der Waals surface area (Å²) in [6, 6.07) is 9.42. The molecule has 8 nitrogen and oxygen atoms in total. The van der Waals surface area contributed by atoms with Gasteiger partial charge in [-0.15, -0.1) is 0 Å². The van der Waals surface area contributed by atoms with Gasteiger partial charge >= 0.3 is 12.1 Å². The number of benzene rings is 1. The summed E-state index contributed by atoms with van der Waals surface area (Å²) in [5.74, 6) is 0.743. The number of aromatic nitrogens is 1. The molecule has 1 aliphatic rings. The maximum absolute atomic E-state index is 12.2. The molecule has 0 aliphatic carbocycles. The summed E-state index contributed by atoms with van der Waals surface area (Å²) in [7, 11) is 0. The molecule has 0 atom stereocenters. The second-order valence-corrected chi connectivity index (χ2v) is 6.11. The van der Waals surface area contributed by atoms with E-state index in [4.69, 9.17) is 9.47 Å². The first-order valence-corrected chi connectivity index (χ1v) is 9.09. The average Bonchev–Trinajstić information content (AvgIpc) is 2.71. The van der Waals surface area contributed by atoms with Crippen LogP contribution in [0.5, 0.6) is 5.75 Å². The van der Waals surface area contributed by atoms with Crippen LogP contribution in [0, 0.1) is 0 Å². The Labute approximate surface area is 158 Å². The minimum Gasteiger partial charge on any atom is -0.492 e. The number of piperazine rings is 1. The SMILES string of the molecule is CCOC(=O)N1CCN(C(=O)NCCOc2ccc3ncccc3c2)CC1. The van der Waals surface area contributed by atoms with Gasteiger partial charge in [-0.25, -0.2) is 9.59 Å². The molecule has 1 N–H and O–H groups in total. The Bertz CT molecular complexity index is 790. The molecular formula is C19H24N4O4. The van der Waals surface area contributed by atoms with Crippen molar-refractivity contribution in [1.82, 2.24) is 20.1 Å². The number of hydrogen-bond donors (Lipinski definition) is 1. The van der Waals surface area contributed by atoms with E-state index in [1.807, 2.05) is 30.3 Å². The molecule has 1 aromatic heterocycles. The summed E-state index contributed by atoms with van der Waals surface area (Å²) in [4.78, 5) is 31.4. The van der Waals surface area contributed by atoms with E-state index in [1.54, 1.807) is 22.9 Å². The highest BCUT2D eigenvalue weighted by Gasteiger charge is 2.24. The molecular weight excluding hydrogens is 348 g/mol. The Balaban J connectivity index is 1.37. The molecule has 0 spiro atoms. The molecule has 0 radical (unpaired) electrons. The summed E-state index contributed by atoms with van der Waals surface area (Å²) < 4.78 is 10.7. The van der Waals surface area contributed by atoms with Gasteiger partial charge in [-0.2, -0.15) is 0 Å². The van der Waals surface area contributed by atoms with E-state index >= 15 is 0 Å². The monoisotopic (exact) mass is 372 g/mol. The van der Waals surface area contributed by atoms with E-state index in [1.165, 1.54) is 0 Å². The molecule has 2 aromatic rings. The van der Waals surface area contributed by atoms with E-state index in [9.17, 15) is 9.59 Å². The van der Waals surface area contributed by atoms with Gasteiger partial charge in [0.1, 0.15) is 12.4 Å². The van der Waals surface area contributed by atoms with Crippen molar-refractivity contribution in [3.8, 4) is 5.75 Å². The number of carbonyl (C=O) groups excluding carboxylic acids is 2. The fourth-order valence-corrected chi connectivity index (χ4v) is 2.89. The zero-order valence-electron chi connectivity index (χ0n) is 15.4. The van der Waals surface area contributed by atoms with Crippen LogP contribution in [0.15, 0.2) is 36.5 Å². The molecule has 1 aliphatic heterocycles. The Morgan fingerprint density at radius 1 is 1.15 bits per heavy atom. The van der Waals surface area contributed by atoms with Crippen LogP contribution in [0.1, 0.15) is 6.92 Å². The minimum absolute atomic E-state index is 0.148. The van der Waals surface area contributed by atoms with Gasteiger partial charge in [-0.05, 0) is 31.2 Å². The Hall–Kier alpha value is -3.03. The fraction of sp³-hybridized carbons (Fsp3) is 0.421. The first-order chi connectivity index (χ1) is 13.2. The summed E-state index contributed by atoms with van der Waals surface area (Å²) in [5, 5.41) is 3.86. The molecule has 144 valence electrons. The number of pyridine rings is 1. The number of carbonyl (C=O) groups is 2. The van der Waals surface area contributed by atoms with Crippen LogP contribution in [0.2, 0.25) is 0 Å². The number of nitrogens with zero attached hydrogens (tertiary/aromatic N) is 3.